The molecular weight excluding hydrogens is 925 g/mol. The first-order valence-corrected chi connectivity index (χ1v) is 30.6. The van der Waals surface area contributed by atoms with Crippen LogP contribution in [0, 0.1) is 0 Å². The zero-order valence-electron chi connectivity index (χ0n) is 43.8. The summed E-state index contributed by atoms with van der Waals surface area (Å²) in [6, 6.07) is 9.39. The van der Waals surface area contributed by atoms with Crippen LogP contribution in [0.5, 0.6) is 0 Å². The van der Waals surface area contributed by atoms with E-state index in [1.165, 1.54) is 179 Å². The highest BCUT2D eigenvalue weighted by Crippen LogP contribution is 2.24. The molecule has 1 aromatic heterocycles. The third-order valence-corrected chi connectivity index (χ3v) is 14.6. The lowest BCUT2D eigenvalue weighted by Crippen LogP contribution is -2.19. The number of benzene rings is 2. The molecule has 3 rings (SSSR count). The minimum atomic E-state index is -4.74. The van der Waals surface area contributed by atoms with Crippen molar-refractivity contribution in [3.63, 3.8) is 0 Å². The molecule has 70 heavy (non-hydrogen) atoms. The van der Waals surface area contributed by atoms with Crippen LogP contribution in [0.1, 0.15) is 272 Å². The standard InChI is InChI=1S/C32H54O7S.C24H40N2O3S/c1-3-5-7-9-11-13-15-17-19-21-26-38-31(33)28-24-23-25-29(40(35,36)37)30(28)32(34)39-27-22-20-18-16-14-12-10-8-6-4-2;1-2-3-4-5-6-7-8-9-10-11-12-13-14-15-16-18-21-19-17-20-22-23(21)26-24(25-22)30(27,28)29/h23-25H,3-22,26-27H2,1-2H3,(H,35,36,37);17,19-20H,2-16,18H2,1H3,(H,25,26)(H,27,28,29). The molecule has 0 fully saturated rings. The highest BCUT2D eigenvalue weighted by atomic mass is 32.2. The summed E-state index contributed by atoms with van der Waals surface area (Å²) in [5, 5.41) is -0.374. The third kappa shape index (κ3) is 28.6. The maximum atomic E-state index is 12.9. The van der Waals surface area contributed by atoms with Crippen molar-refractivity contribution in [3.05, 3.63) is 53.1 Å². The second-order valence-corrected chi connectivity index (χ2v) is 22.0. The van der Waals surface area contributed by atoms with Gasteiger partial charge in [0.05, 0.1) is 35.4 Å². The van der Waals surface area contributed by atoms with Gasteiger partial charge in [0.25, 0.3) is 15.3 Å². The summed E-state index contributed by atoms with van der Waals surface area (Å²) >= 11 is 0. The van der Waals surface area contributed by atoms with Crippen molar-refractivity contribution in [3.8, 4) is 0 Å². The quantitative estimate of drug-likeness (QED) is 0.0278. The highest BCUT2D eigenvalue weighted by molar-refractivity contribution is 7.86. The zero-order chi connectivity index (χ0) is 51.1. The van der Waals surface area contributed by atoms with Crippen LogP contribution < -0.4 is 0 Å². The fourth-order valence-corrected chi connectivity index (χ4v) is 10.0. The molecule has 400 valence electrons. The smallest absolute Gasteiger partial charge is 0.340 e. The van der Waals surface area contributed by atoms with Crippen molar-refractivity contribution in [2.24, 2.45) is 0 Å². The summed E-state index contributed by atoms with van der Waals surface area (Å²) in [6.45, 7) is 6.98. The van der Waals surface area contributed by atoms with Crippen molar-refractivity contribution >= 4 is 43.2 Å². The topological polar surface area (TPSA) is 190 Å². The second kappa shape index (κ2) is 39.2. The Labute approximate surface area is 424 Å². The number of nitrogens with one attached hydrogen (secondary N) is 1. The van der Waals surface area contributed by atoms with Gasteiger partial charge in [-0.2, -0.15) is 16.8 Å². The van der Waals surface area contributed by atoms with Crippen molar-refractivity contribution < 1.29 is 45.0 Å². The molecule has 1 heterocycles. The van der Waals surface area contributed by atoms with Crippen LogP contribution >= 0.6 is 0 Å². The van der Waals surface area contributed by atoms with Gasteiger partial charge < -0.3 is 14.5 Å². The molecule has 0 saturated heterocycles. The molecule has 0 radical (unpaired) electrons. The number of carbonyl (C=O) groups excluding carboxylic acids is 2. The lowest BCUT2D eigenvalue weighted by Gasteiger charge is -2.13. The first-order valence-electron chi connectivity index (χ1n) is 27.7. The number of aryl methyl sites for hydroxylation is 1. The molecule has 12 nitrogen and oxygen atoms in total. The molecule has 0 amide bonds. The number of H-pyrrole nitrogens is 1. The molecule has 0 aliphatic heterocycles. The number of esters is 2. The second-order valence-electron chi connectivity index (χ2n) is 19.3. The largest absolute Gasteiger partial charge is 0.462 e. The molecule has 0 bridgehead atoms. The lowest BCUT2D eigenvalue weighted by atomic mass is 10.0. The number of hydrogen-bond acceptors (Lipinski definition) is 9. The minimum Gasteiger partial charge on any atom is -0.462 e. The number of rotatable bonds is 42. The maximum absolute atomic E-state index is 12.9. The van der Waals surface area contributed by atoms with Gasteiger partial charge >= 0.3 is 22.1 Å². The number of unbranched alkanes of at least 4 members (excludes halogenated alkanes) is 32. The van der Waals surface area contributed by atoms with E-state index in [0.29, 0.717) is 23.9 Å². The number of nitrogens with zero attached hydrogens (tertiary/aromatic N) is 1. The van der Waals surface area contributed by atoms with Gasteiger partial charge in [-0.25, -0.2) is 14.6 Å². The Morgan fingerprint density at radius 3 is 1.24 bits per heavy atom. The lowest BCUT2D eigenvalue weighted by molar-refractivity contribution is 0.0446. The average molecular weight is 1020 g/mol. The maximum Gasteiger partial charge on any atom is 0.340 e. The monoisotopic (exact) mass is 1020 g/mol. The summed E-state index contributed by atoms with van der Waals surface area (Å²) in [6.07, 6.45) is 43.8. The average Bonchev–Trinajstić information content (AvgIpc) is 3.80. The number of hydrogen-bond donors (Lipinski definition) is 3. The van der Waals surface area contributed by atoms with Gasteiger partial charge in [0.1, 0.15) is 4.90 Å². The first kappa shape index (κ1) is 62.8. The van der Waals surface area contributed by atoms with E-state index in [1.54, 1.807) is 6.07 Å². The molecule has 0 aliphatic carbocycles. The van der Waals surface area contributed by atoms with E-state index in [2.05, 4.69) is 30.7 Å². The number of aromatic nitrogens is 2. The van der Waals surface area contributed by atoms with Gasteiger partial charge in [-0.05, 0) is 49.4 Å². The summed E-state index contributed by atoms with van der Waals surface area (Å²) in [5.41, 5.74) is 1.66. The Bertz CT molecular complexity index is 2050. The van der Waals surface area contributed by atoms with E-state index >= 15 is 0 Å². The molecule has 14 heteroatoms. The van der Waals surface area contributed by atoms with E-state index in [4.69, 9.17) is 9.47 Å². The number of ether oxygens (including phenoxy) is 2. The summed E-state index contributed by atoms with van der Waals surface area (Å²) in [4.78, 5) is 31.7. The SMILES string of the molecule is CCCCCCCCCCCCCCCCCc1cccc2[nH]c(S(=O)(=O)O)nc12.CCCCCCCCCCCCOC(=O)c1cccc(S(=O)(=O)O)c1C(=O)OCCCCCCCCCCCC. The molecule has 0 aliphatic rings. The Morgan fingerprint density at radius 2 is 0.843 bits per heavy atom. The van der Waals surface area contributed by atoms with Crippen molar-refractivity contribution in [2.45, 2.75) is 262 Å². The Hall–Kier alpha value is -3.33. The van der Waals surface area contributed by atoms with Crippen molar-refractivity contribution in [1.82, 2.24) is 9.97 Å². The van der Waals surface area contributed by atoms with Gasteiger partial charge in [-0.3, -0.25) is 9.11 Å². The van der Waals surface area contributed by atoms with Crippen LogP contribution in [-0.4, -0.2) is 61.1 Å². The molecule has 0 atom stereocenters. The number of imidazole rings is 1. The van der Waals surface area contributed by atoms with E-state index in [-0.39, 0.29) is 23.9 Å². The number of fused-ring (bicyclic) bond motifs is 1. The number of carbonyl (C=O) groups is 2. The van der Waals surface area contributed by atoms with Crippen LogP contribution in [0.4, 0.5) is 0 Å². The predicted molar refractivity (Wildman–Crippen MR) is 285 cm³/mol. The van der Waals surface area contributed by atoms with Gasteiger partial charge in [-0.15, -0.1) is 0 Å². The number of aromatic amines is 1. The molecular formula is C56H94N2O10S2. The van der Waals surface area contributed by atoms with Crippen molar-refractivity contribution in [1.29, 1.82) is 0 Å². The molecule has 0 saturated carbocycles. The van der Waals surface area contributed by atoms with E-state index in [0.717, 1.165) is 63.0 Å². The van der Waals surface area contributed by atoms with Gasteiger partial charge in [0.15, 0.2) is 0 Å². The Balaban J connectivity index is 0.000000499. The van der Waals surface area contributed by atoms with E-state index in [9.17, 15) is 35.5 Å². The Kier molecular flexibility index (Phi) is 35.2. The summed E-state index contributed by atoms with van der Waals surface area (Å²) in [5.74, 6) is -1.75. The third-order valence-electron chi connectivity index (χ3n) is 13.1. The van der Waals surface area contributed by atoms with Gasteiger partial charge in [0.2, 0.25) is 0 Å². The Morgan fingerprint density at radius 1 is 0.471 bits per heavy atom. The zero-order valence-corrected chi connectivity index (χ0v) is 45.4. The molecule has 3 aromatic rings. The molecule has 3 N–H and O–H groups in total. The van der Waals surface area contributed by atoms with Crippen LogP contribution in [-0.2, 0) is 36.1 Å². The summed E-state index contributed by atoms with van der Waals surface area (Å²) < 4.78 is 76.0. The minimum absolute atomic E-state index is 0.113. The normalized spacial score (nSPS) is 11.7. The first-order chi connectivity index (χ1) is 33.8. The van der Waals surface area contributed by atoms with Crippen molar-refractivity contribution in [2.75, 3.05) is 13.2 Å². The molecule has 0 spiro atoms. The fraction of sp³-hybridized carbons (Fsp3) is 0.732. The van der Waals surface area contributed by atoms with E-state index in [1.807, 2.05) is 12.1 Å². The van der Waals surface area contributed by atoms with E-state index < -0.39 is 42.6 Å². The van der Waals surface area contributed by atoms with Crippen LogP contribution in [0.3, 0.4) is 0 Å². The molecule has 0 unspecified atom stereocenters. The summed E-state index contributed by atoms with van der Waals surface area (Å²) in [7, 11) is -9.04. The van der Waals surface area contributed by atoms with Gasteiger partial charge in [0, 0.05) is 0 Å². The highest BCUT2D eigenvalue weighted by Gasteiger charge is 2.28. The van der Waals surface area contributed by atoms with Gasteiger partial charge in [-0.1, -0.05) is 244 Å². The van der Waals surface area contributed by atoms with Crippen LogP contribution in [0.2, 0.25) is 0 Å². The van der Waals surface area contributed by atoms with Crippen LogP contribution in [0.25, 0.3) is 11.0 Å². The number of para-hydroxylation sites is 1. The molecule has 2 aromatic carbocycles. The fourth-order valence-electron chi connectivity index (χ4n) is 8.87. The predicted octanol–water partition coefficient (Wildman–Crippen LogP) is 16.3. The van der Waals surface area contributed by atoms with Crippen LogP contribution in [0.15, 0.2) is 46.5 Å².